The van der Waals surface area contributed by atoms with Gasteiger partial charge in [0.2, 0.25) is 0 Å². The van der Waals surface area contributed by atoms with Crippen LogP contribution in [0.4, 0.5) is 0 Å². The van der Waals surface area contributed by atoms with E-state index >= 15 is 0 Å². The lowest BCUT2D eigenvalue weighted by atomic mass is 9.85. The highest BCUT2D eigenvalue weighted by atomic mass is 15.2. The monoisotopic (exact) mass is 240 g/mol. The van der Waals surface area contributed by atoms with Crippen molar-refractivity contribution in [3.8, 4) is 0 Å². The molecule has 3 unspecified atom stereocenters. The largest absolute Gasteiger partial charge is 0.315 e. The third-order valence-electron chi connectivity index (χ3n) is 4.74. The van der Waals surface area contributed by atoms with E-state index in [1.54, 1.807) is 0 Å². The second kappa shape index (κ2) is 6.19. The zero-order valence-electron chi connectivity index (χ0n) is 12.7. The summed E-state index contributed by atoms with van der Waals surface area (Å²) in [5, 5.41) is 3.54. The minimum atomic E-state index is 0.360. The molecule has 102 valence electrons. The topological polar surface area (TPSA) is 15.3 Å². The standard InChI is InChI=1S/C15H32N2/c1-12(15(2,3)4)17(6)14-11-9-7-8-10-13(14)16-5/h12-14,16H,7-11H2,1-6H3. The number of likely N-dealkylation sites (N-methyl/N-ethyl adjacent to an activating group) is 2. The van der Waals surface area contributed by atoms with Crippen molar-refractivity contribution in [2.45, 2.75) is 77.9 Å². The molecule has 0 aromatic heterocycles. The van der Waals surface area contributed by atoms with Crippen molar-refractivity contribution in [3.05, 3.63) is 0 Å². The molecule has 2 heteroatoms. The van der Waals surface area contributed by atoms with Gasteiger partial charge in [0, 0.05) is 18.1 Å². The summed E-state index contributed by atoms with van der Waals surface area (Å²) in [6.45, 7) is 9.41. The maximum absolute atomic E-state index is 3.54. The van der Waals surface area contributed by atoms with Gasteiger partial charge in [-0.2, -0.15) is 0 Å². The Hall–Kier alpha value is -0.0800. The normalized spacial score (nSPS) is 29.1. The van der Waals surface area contributed by atoms with Gasteiger partial charge in [0.05, 0.1) is 0 Å². The lowest BCUT2D eigenvalue weighted by Crippen LogP contribution is -2.53. The van der Waals surface area contributed by atoms with Crippen LogP contribution in [0.15, 0.2) is 0 Å². The first-order valence-corrected chi connectivity index (χ1v) is 7.27. The van der Waals surface area contributed by atoms with Crippen molar-refractivity contribution in [1.82, 2.24) is 10.2 Å². The second-order valence-electron chi connectivity index (χ2n) is 6.81. The first-order chi connectivity index (χ1) is 7.88. The van der Waals surface area contributed by atoms with Crippen LogP contribution in [-0.2, 0) is 0 Å². The first kappa shape index (κ1) is 15.0. The molecule has 1 saturated carbocycles. The van der Waals surface area contributed by atoms with Gasteiger partial charge in [0.1, 0.15) is 0 Å². The first-order valence-electron chi connectivity index (χ1n) is 7.27. The van der Waals surface area contributed by atoms with Gasteiger partial charge in [-0.1, -0.05) is 40.0 Å². The molecule has 0 aromatic carbocycles. The SMILES string of the molecule is CNC1CCCCCC1N(C)C(C)C(C)(C)C. The minimum absolute atomic E-state index is 0.360. The summed E-state index contributed by atoms with van der Waals surface area (Å²) in [4.78, 5) is 2.62. The van der Waals surface area contributed by atoms with Crippen LogP contribution >= 0.6 is 0 Å². The van der Waals surface area contributed by atoms with E-state index in [0.717, 1.165) is 0 Å². The smallest absolute Gasteiger partial charge is 0.0249 e. The summed E-state index contributed by atoms with van der Waals surface area (Å²) >= 11 is 0. The van der Waals surface area contributed by atoms with Gasteiger partial charge >= 0.3 is 0 Å². The Labute approximate surface area is 108 Å². The summed E-state index contributed by atoms with van der Waals surface area (Å²) in [7, 11) is 4.44. The molecule has 0 bridgehead atoms. The second-order valence-corrected chi connectivity index (χ2v) is 6.81. The number of hydrogen-bond donors (Lipinski definition) is 1. The molecule has 0 spiro atoms. The zero-order valence-corrected chi connectivity index (χ0v) is 12.7. The van der Waals surface area contributed by atoms with Crippen molar-refractivity contribution in [2.24, 2.45) is 5.41 Å². The summed E-state index contributed by atoms with van der Waals surface area (Å²) in [5.41, 5.74) is 0.360. The number of hydrogen-bond acceptors (Lipinski definition) is 2. The summed E-state index contributed by atoms with van der Waals surface area (Å²) in [6, 6.07) is 2.01. The van der Waals surface area contributed by atoms with Crippen LogP contribution in [0.3, 0.4) is 0 Å². The summed E-state index contributed by atoms with van der Waals surface area (Å²) < 4.78 is 0. The van der Waals surface area contributed by atoms with Gasteiger partial charge in [-0.3, -0.25) is 4.90 Å². The molecule has 0 radical (unpaired) electrons. The quantitative estimate of drug-likeness (QED) is 0.762. The van der Waals surface area contributed by atoms with Crippen molar-refractivity contribution in [2.75, 3.05) is 14.1 Å². The predicted molar refractivity (Wildman–Crippen MR) is 76.4 cm³/mol. The Morgan fingerprint density at radius 2 is 1.71 bits per heavy atom. The fourth-order valence-corrected chi connectivity index (χ4v) is 3.01. The van der Waals surface area contributed by atoms with E-state index < -0.39 is 0 Å². The van der Waals surface area contributed by atoms with E-state index in [1.165, 1.54) is 32.1 Å². The van der Waals surface area contributed by atoms with E-state index in [0.29, 0.717) is 23.5 Å². The van der Waals surface area contributed by atoms with E-state index in [9.17, 15) is 0 Å². The van der Waals surface area contributed by atoms with Crippen LogP contribution in [0.2, 0.25) is 0 Å². The highest BCUT2D eigenvalue weighted by molar-refractivity contribution is 4.89. The molecule has 0 aliphatic heterocycles. The maximum atomic E-state index is 3.54. The van der Waals surface area contributed by atoms with Crippen LogP contribution in [0, 0.1) is 5.41 Å². The molecular weight excluding hydrogens is 208 g/mol. The number of nitrogens with one attached hydrogen (secondary N) is 1. The Bertz CT molecular complexity index is 219. The molecule has 0 saturated heterocycles. The van der Waals surface area contributed by atoms with Gasteiger partial charge in [-0.05, 0) is 39.3 Å². The van der Waals surface area contributed by atoms with Gasteiger partial charge < -0.3 is 5.32 Å². The van der Waals surface area contributed by atoms with E-state index in [2.05, 4.69) is 52.0 Å². The Kier molecular flexibility index (Phi) is 5.46. The van der Waals surface area contributed by atoms with E-state index in [-0.39, 0.29) is 0 Å². The molecule has 17 heavy (non-hydrogen) atoms. The Morgan fingerprint density at radius 1 is 1.12 bits per heavy atom. The van der Waals surface area contributed by atoms with Gasteiger partial charge in [-0.15, -0.1) is 0 Å². The highest BCUT2D eigenvalue weighted by Gasteiger charge is 2.32. The van der Waals surface area contributed by atoms with E-state index in [1.807, 2.05) is 0 Å². The number of rotatable bonds is 3. The molecule has 1 aliphatic rings. The van der Waals surface area contributed by atoms with Crippen LogP contribution in [0.25, 0.3) is 0 Å². The van der Waals surface area contributed by atoms with Crippen LogP contribution in [-0.4, -0.2) is 37.1 Å². The Morgan fingerprint density at radius 3 is 2.24 bits per heavy atom. The number of nitrogens with zero attached hydrogens (tertiary/aromatic N) is 1. The molecule has 0 amide bonds. The third kappa shape index (κ3) is 3.96. The summed E-state index contributed by atoms with van der Waals surface area (Å²) in [6.07, 6.45) is 6.88. The van der Waals surface area contributed by atoms with Crippen LogP contribution in [0.5, 0.6) is 0 Å². The molecule has 1 N–H and O–H groups in total. The molecular formula is C15H32N2. The molecule has 0 heterocycles. The van der Waals surface area contributed by atoms with Crippen molar-refractivity contribution < 1.29 is 0 Å². The fourth-order valence-electron chi connectivity index (χ4n) is 3.01. The maximum Gasteiger partial charge on any atom is 0.0249 e. The lowest BCUT2D eigenvalue weighted by Gasteiger charge is -2.42. The Balaban J connectivity index is 2.73. The molecule has 2 nitrogen and oxygen atoms in total. The van der Waals surface area contributed by atoms with E-state index in [4.69, 9.17) is 0 Å². The zero-order chi connectivity index (χ0) is 13.1. The highest BCUT2D eigenvalue weighted by Crippen LogP contribution is 2.29. The molecule has 1 fully saturated rings. The van der Waals surface area contributed by atoms with Gasteiger partial charge in [-0.25, -0.2) is 0 Å². The summed E-state index contributed by atoms with van der Waals surface area (Å²) in [5.74, 6) is 0. The third-order valence-corrected chi connectivity index (χ3v) is 4.74. The van der Waals surface area contributed by atoms with Crippen molar-refractivity contribution >= 4 is 0 Å². The van der Waals surface area contributed by atoms with Crippen LogP contribution < -0.4 is 5.32 Å². The van der Waals surface area contributed by atoms with Crippen molar-refractivity contribution in [1.29, 1.82) is 0 Å². The van der Waals surface area contributed by atoms with Crippen molar-refractivity contribution in [3.63, 3.8) is 0 Å². The minimum Gasteiger partial charge on any atom is -0.315 e. The van der Waals surface area contributed by atoms with Gasteiger partial charge in [0.25, 0.3) is 0 Å². The molecule has 1 rings (SSSR count). The lowest BCUT2D eigenvalue weighted by molar-refractivity contribution is 0.0748. The molecule has 1 aliphatic carbocycles. The molecule has 3 atom stereocenters. The van der Waals surface area contributed by atoms with Crippen LogP contribution in [0.1, 0.15) is 59.8 Å². The average molecular weight is 240 g/mol. The average Bonchev–Trinajstić information content (AvgIpc) is 2.50. The molecule has 0 aromatic rings. The fraction of sp³-hybridized carbons (Fsp3) is 1.00. The predicted octanol–water partition coefficient (Wildman–Crippen LogP) is 3.27. The van der Waals surface area contributed by atoms with Gasteiger partial charge in [0.15, 0.2) is 0 Å².